The second-order valence-electron chi connectivity index (χ2n) is 3.88. The van der Waals surface area contributed by atoms with Gasteiger partial charge in [-0.3, -0.25) is 4.79 Å². The molecule has 0 aliphatic carbocycles. The van der Waals surface area contributed by atoms with Gasteiger partial charge in [0.15, 0.2) is 0 Å². The van der Waals surface area contributed by atoms with E-state index in [2.05, 4.69) is 10.3 Å². The summed E-state index contributed by atoms with van der Waals surface area (Å²) in [4.78, 5) is 14.1. The number of rotatable bonds is 5. The first-order chi connectivity index (χ1) is 8.30. The summed E-state index contributed by atoms with van der Waals surface area (Å²) in [6.07, 6.45) is -3.29. The van der Waals surface area contributed by atoms with Crippen molar-refractivity contribution in [2.45, 2.75) is 19.5 Å². The van der Waals surface area contributed by atoms with Crippen LogP contribution in [0.2, 0.25) is 0 Å². The molecule has 0 aliphatic rings. The van der Waals surface area contributed by atoms with Crippen LogP contribution >= 0.6 is 0 Å². The fourth-order valence-electron chi connectivity index (χ4n) is 1.21. The molecule has 4 nitrogen and oxygen atoms in total. The number of aromatic nitrogens is 1. The minimum Gasteiger partial charge on any atom is -0.481 e. The monoisotopic (exact) mass is 262 g/mol. The molecule has 0 aromatic carbocycles. The number of carboxylic acids is 1. The first kappa shape index (κ1) is 14.3. The maximum absolute atomic E-state index is 12.2. The second kappa shape index (κ2) is 5.70. The number of hydrogen-bond donors (Lipinski definition) is 2. The standard InChI is InChI=1S/C11H13F3N2O2/c1-7(10(17)18)4-5-15-9-3-2-8(6-16-9)11(12,13)14/h2-3,6-7H,4-5H2,1H3,(H,15,16)(H,17,18). The molecule has 2 N–H and O–H groups in total. The number of nitrogens with zero attached hydrogens (tertiary/aromatic N) is 1. The topological polar surface area (TPSA) is 62.2 Å². The molecule has 0 radical (unpaired) electrons. The highest BCUT2D eigenvalue weighted by Gasteiger charge is 2.30. The number of anilines is 1. The number of hydrogen-bond acceptors (Lipinski definition) is 3. The number of carbonyl (C=O) groups is 1. The Morgan fingerprint density at radius 1 is 1.50 bits per heavy atom. The average Bonchev–Trinajstić information content (AvgIpc) is 2.28. The minimum absolute atomic E-state index is 0.292. The molecule has 0 saturated carbocycles. The van der Waals surface area contributed by atoms with Crippen LogP contribution in [0.4, 0.5) is 19.0 Å². The normalized spacial score (nSPS) is 13.1. The molecule has 0 fully saturated rings. The Hall–Kier alpha value is -1.79. The molecule has 100 valence electrons. The highest BCUT2D eigenvalue weighted by atomic mass is 19.4. The summed E-state index contributed by atoms with van der Waals surface area (Å²) < 4.78 is 36.7. The zero-order valence-electron chi connectivity index (χ0n) is 9.66. The van der Waals surface area contributed by atoms with Crippen molar-refractivity contribution in [2.75, 3.05) is 11.9 Å². The van der Waals surface area contributed by atoms with Gasteiger partial charge in [0.2, 0.25) is 0 Å². The van der Waals surface area contributed by atoms with E-state index in [0.717, 1.165) is 12.3 Å². The van der Waals surface area contributed by atoms with Gasteiger partial charge in [0.25, 0.3) is 0 Å². The van der Waals surface area contributed by atoms with Crippen molar-refractivity contribution in [1.82, 2.24) is 4.98 Å². The van der Waals surface area contributed by atoms with Crippen LogP contribution in [0.5, 0.6) is 0 Å². The van der Waals surface area contributed by atoms with E-state index < -0.39 is 23.6 Å². The lowest BCUT2D eigenvalue weighted by Crippen LogP contribution is -2.15. The second-order valence-corrected chi connectivity index (χ2v) is 3.88. The summed E-state index contributed by atoms with van der Waals surface area (Å²) in [6.45, 7) is 1.90. The summed E-state index contributed by atoms with van der Waals surface area (Å²) in [5.41, 5.74) is -0.813. The van der Waals surface area contributed by atoms with Crippen molar-refractivity contribution in [3.63, 3.8) is 0 Å². The van der Waals surface area contributed by atoms with Crippen LogP contribution in [0, 0.1) is 5.92 Å². The molecule has 18 heavy (non-hydrogen) atoms. The molecule has 7 heteroatoms. The number of carboxylic acid groups (broad SMARTS) is 1. The first-order valence-electron chi connectivity index (χ1n) is 5.30. The van der Waals surface area contributed by atoms with Gasteiger partial charge in [-0.25, -0.2) is 4.98 Å². The van der Waals surface area contributed by atoms with Crippen LogP contribution in [0.3, 0.4) is 0 Å². The van der Waals surface area contributed by atoms with E-state index in [9.17, 15) is 18.0 Å². The van der Waals surface area contributed by atoms with Crippen LogP contribution in [-0.2, 0) is 11.0 Å². The highest BCUT2D eigenvalue weighted by molar-refractivity contribution is 5.69. The van der Waals surface area contributed by atoms with Crippen LogP contribution in [0.25, 0.3) is 0 Å². The minimum atomic E-state index is -4.40. The van der Waals surface area contributed by atoms with Gasteiger partial charge in [0, 0.05) is 12.7 Å². The van der Waals surface area contributed by atoms with Crippen molar-refractivity contribution in [3.05, 3.63) is 23.9 Å². The Morgan fingerprint density at radius 3 is 2.61 bits per heavy atom. The summed E-state index contributed by atoms with van der Waals surface area (Å²) in [5.74, 6) is -1.12. The van der Waals surface area contributed by atoms with Gasteiger partial charge in [-0.2, -0.15) is 13.2 Å². The summed E-state index contributed by atoms with van der Waals surface area (Å²) in [7, 11) is 0. The predicted octanol–water partition coefficient (Wildman–Crippen LogP) is 2.62. The van der Waals surface area contributed by atoms with Gasteiger partial charge in [0.05, 0.1) is 11.5 Å². The molecule has 1 aromatic rings. The fourth-order valence-corrected chi connectivity index (χ4v) is 1.21. The number of nitrogens with one attached hydrogen (secondary N) is 1. The Labute approximate surface area is 102 Å². The third kappa shape index (κ3) is 4.23. The van der Waals surface area contributed by atoms with Crippen molar-refractivity contribution in [3.8, 4) is 0 Å². The van der Waals surface area contributed by atoms with Crippen LogP contribution in [-0.4, -0.2) is 22.6 Å². The molecular weight excluding hydrogens is 249 g/mol. The largest absolute Gasteiger partial charge is 0.481 e. The summed E-state index contributed by atoms with van der Waals surface area (Å²) in [5, 5.41) is 11.4. The van der Waals surface area contributed by atoms with Gasteiger partial charge in [-0.05, 0) is 18.6 Å². The lowest BCUT2D eigenvalue weighted by molar-refractivity contribution is -0.141. The lowest BCUT2D eigenvalue weighted by atomic mass is 10.1. The van der Waals surface area contributed by atoms with E-state index in [0.29, 0.717) is 18.8 Å². The van der Waals surface area contributed by atoms with E-state index in [1.165, 1.54) is 6.07 Å². The van der Waals surface area contributed by atoms with Crippen LogP contribution < -0.4 is 5.32 Å². The van der Waals surface area contributed by atoms with Crippen molar-refractivity contribution in [1.29, 1.82) is 0 Å². The fraction of sp³-hybridized carbons (Fsp3) is 0.455. The molecule has 1 atom stereocenters. The van der Waals surface area contributed by atoms with Crippen molar-refractivity contribution >= 4 is 11.8 Å². The smallest absolute Gasteiger partial charge is 0.417 e. The first-order valence-corrected chi connectivity index (χ1v) is 5.30. The van der Waals surface area contributed by atoms with E-state index in [4.69, 9.17) is 5.11 Å². The predicted molar refractivity (Wildman–Crippen MR) is 59.1 cm³/mol. The quantitative estimate of drug-likeness (QED) is 0.856. The van der Waals surface area contributed by atoms with E-state index in [-0.39, 0.29) is 0 Å². The Kier molecular flexibility index (Phi) is 4.52. The van der Waals surface area contributed by atoms with E-state index in [1.807, 2.05) is 0 Å². The SMILES string of the molecule is CC(CCNc1ccc(C(F)(F)F)cn1)C(=O)O. The molecule has 1 heterocycles. The summed E-state index contributed by atoms with van der Waals surface area (Å²) in [6, 6.07) is 2.14. The van der Waals surface area contributed by atoms with Gasteiger partial charge >= 0.3 is 12.1 Å². The van der Waals surface area contributed by atoms with Gasteiger partial charge < -0.3 is 10.4 Å². The Balaban J connectivity index is 2.47. The summed E-state index contributed by atoms with van der Waals surface area (Å²) >= 11 is 0. The maximum Gasteiger partial charge on any atom is 0.417 e. The molecule has 1 aromatic heterocycles. The number of halogens is 3. The van der Waals surface area contributed by atoms with Gasteiger partial charge in [-0.1, -0.05) is 6.92 Å². The third-order valence-corrected chi connectivity index (χ3v) is 2.40. The molecule has 0 bridgehead atoms. The van der Waals surface area contributed by atoms with Gasteiger partial charge in [0.1, 0.15) is 5.82 Å². The zero-order valence-corrected chi connectivity index (χ0v) is 9.66. The third-order valence-electron chi connectivity index (χ3n) is 2.40. The van der Waals surface area contributed by atoms with E-state index in [1.54, 1.807) is 6.92 Å². The molecule has 0 saturated heterocycles. The average molecular weight is 262 g/mol. The van der Waals surface area contributed by atoms with Crippen LogP contribution in [0.1, 0.15) is 18.9 Å². The highest BCUT2D eigenvalue weighted by Crippen LogP contribution is 2.28. The Morgan fingerprint density at radius 2 is 2.17 bits per heavy atom. The number of alkyl halides is 3. The zero-order chi connectivity index (χ0) is 13.8. The van der Waals surface area contributed by atoms with Gasteiger partial charge in [-0.15, -0.1) is 0 Å². The van der Waals surface area contributed by atoms with E-state index >= 15 is 0 Å². The lowest BCUT2D eigenvalue weighted by Gasteiger charge is -2.09. The van der Waals surface area contributed by atoms with Crippen molar-refractivity contribution in [2.24, 2.45) is 5.92 Å². The molecule has 0 spiro atoms. The maximum atomic E-state index is 12.2. The van der Waals surface area contributed by atoms with Crippen LogP contribution in [0.15, 0.2) is 18.3 Å². The molecule has 0 amide bonds. The number of pyridine rings is 1. The van der Waals surface area contributed by atoms with Crippen molar-refractivity contribution < 1.29 is 23.1 Å². The molecule has 1 rings (SSSR count). The number of aliphatic carboxylic acids is 1. The molecular formula is C11H13F3N2O2. The Bertz CT molecular complexity index is 404. The molecule has 0 aliphatic heterocycles. The molecule has 1 unspecified atom stereocenters.